The normalized spacial score (nSPS) is 33.5. The van der Waals surface area contributed by atoms with Gasteiger partial charge in [-0.15, -0.1) is 0 Å². The molecule has 0 heterocycles. The van der Waals surface area contributed by atoms with Crippen molar-refractivity contribution in [2.24, 2.45) is 23.7 Å². The summed E-state index contributed by atoms with van der Waals surface area (Å²) >= 11 is 0. The average molecular weight is 191 g/mol. The Morgan fingerprint density at radius 1 is 1.36 bits per heavy atom. The highest BCUT2D eigenvalue weighted by Crippen LogP contribution is 2.37. The lowest BCUT2D eigenvalue weighted by atomic mass is 9.71. The van der Waals surface area contributed by atoms with E-state index in [1.54, 1.807) is 6.08 Å². The molecule has 0 N–H and O–H groups in total. The van der Waals surface area contributed by atoms with Gasteiger partial charge in [0.2, 0.25) is 0 Å². The van der Waals surface area contributed by atoms with Crippen LogP contribution in [0.25, 0.3) is 0 Å². The van der Waals surface area contributed by atoms with E-state index in [2.05, 4.69) is 32.9 Å². The number of rotatable bonds is 2. The topological polar surface area (TPSA) is 23.8 Å². The molecule has 0 unspecified atom stereocenters. The summed E-state index contributed by atoms with van der Waals surface area (Å²) in [6.45, 7) is 6.93. The van der Waals surface area contributed by atoms with Crippen LogP contribution in [0.3, 0.4) is 0 Å². The van der Waals surface area contributed by atoms with E-state index in [0.29, 0.717) is 5.92 Å². The summed E-state index contributed by atoms with van der Waals surface area (Å²) in [5.74, 6) is 3.05. The Bertz CT molecular complexity index is 234. The van der Waals surface area contributed by atoms with E-state index in [9.17, 15) is 0 Å². The summed E-state index contributed by atoms with van der Waals surface area (Å²) in [6, 6.07) is 2.10. The maximum Gasteiger partial charge on any atom is 0.0908 e. The Morgan fingerprint density at radius 3 is 2.64 bits per heavy atom. The lowest BCUT2D eigenvalue weighted by Crippen LogP contribution is -2.24. The summed E-state index contributed by atoms with van der Waals surface area (Å²) < 4.78 is 0. The lowest BCUT2D eigenvalue weighted by molar-refractivity contribution is 0.189. The van der Waals surface area contributed by atoms with Crippen LogP contribution in [0.5, 0.6) is 0 Å². The zero-order chi connectivity index (χ0) is 10.6. The van der Waals surface area contributed by atoms with Gasteiger partial charge in [0.25, 0.3) is 0 Å². The number of hydrogen-bond acceptors (Lipinski definition) is 1. The molecule has 1 rings (SSSR count). The molecule has 3 atom stereocenters. The molecule has 1 aliphatic rings. The highest BCUT2D eigenvalue weighted by Gasteiger charge is 2.27. The van der Waals surface area contributed by atoms with Gasteiger partial charge in [0.15, 0.2) is 0 Å². The minimum atomic E-state index is 0.635. The third-order valence-corrected chi connectivity index (χ3v) is 3.66. The maximum absolute atomic E-state index is 8.52. The second kappa shape index (κ2) is 5.20. The van der Waals surface area contributed by atoms with Crippen LogP contribution in [-0.2, 0) is 0 Å². The van der Waals surface area contributed by atoms with Crippen LogP contribution in [0.4, 0.5) is 0 Å². The van der Waals surface area contributed by atoms with Gasteiger partial charge in [-0.2, -0.15) is 5.26 Å². The van der Waals surface area contributed by atoms with E-state index >= 15 is 0 Å². The molecular weight excluding hydrogens is 170 g/mol. The Balaban J connectivity index is 2.56. The molecule has 0 aliphatic heterocycles. The zero-order valence-corrected chi connectivity index (χ0v) is 9.53. The fourth-order valence-electron chi connectivity index (χ4n) is 2.43. The number of nitriles is 1. The van der Waals surface area contributed by atoms with Crippen molar-refractivity contribution in [3.63, 3.8) is 0 Å². The van der Waals surface area contributed by atoms with Crippen molar-refractivity contribution in [2.45, 2.75) is 40.0 Å². The summed E-state index contributed by atoms with van der Waals surface area (Å²) in [4.78, 5) is 0. The molecular formula is C13H21N. The minimum absolute atomic E-state index is 0.635. The molecule has 0 bridgehead atoms. The number of hydrogen-bond donors (Lipinski definition) is 0. The largest absolute Gasteiger partial charge is 0.193 e. The monoisotopic (exact) mass is 191 g/mol. The fourth-order valence-corrected chi connectivity index (χ4v) is 2.43. The number of allylic oxidation sites excluding steroid dienone is 2. The van der Waals surface area contributed by atoms with Crippen LogP contribution < -0.4 is 0 Å². The van der Waals surface area contributed by atoms with Crippen molar-refractivity contribution in [2.75, 3.05) is 0 Å². The van der Waals surface area contributed by atoms with Crippen LogP contribution in [-0.4, -0.2) is 0 Å². The smallest absolute Gasteiger partial charge is 0.0908 e. The molecule has 0 amide bonds. The first kappa shape index (κ1) is 11.3. The molecule has 1 heteroatoms. The van der Waals surface area contributed by atoms with Crippen LogP contribution in [0, 0.1) is 35.0 Å². The standard InChI is InChI=1S/C13H21N/c1-10(2)12-7-6-11(3)13(9-12)5-4-8-14/h4-5,10-13H,6-7,9H2,1-3H3/t11-,12-,13-/m1/s1. The lowest BCUT2D eigenvalue weighted by Gasteiger charge is -2.34. The van der Waals surface area contributed by atoms with E-state index in [4.69, 9.17) is 5.26 Å². The molecule has 0 saturated heterocycles. The van der Waals surface area contributed by atoms with Gasteiger partial charge in [0.1, 0.15) is 0 Å². The van der Waals surface area contributed by atoms with Crippen molar-refractivity contribution in [1.29, 1.82) is 5.26 Å². The van der Waals surface area contributed by atoms with Gasteiger partial charge >= 0.3 is 0 Å². The van der Waals surface area contributed by atoms with Crippen LogP contribution in [0.2, 0.25) is 0 Å². The second-order valence-corrected chi connectivity index (χ2v) is 4.95. The Labute approximate surface area is 87.8 Å². The minimum Gasteiger partial charge on any atom is -0.193 e. The summed E-state index contributed by atoms with van der Waals surface area (Å²) in [6.07, 6.45) is 7.74. The van der Waals surface area contributed by atoms with Gasteiger partial charge in [-0.1, -0.05) is 26.8 Å². The van der Waals surface area contributed by atoms with E-state index in [-0.39, 0.29) is 0 Å². The van der Waals surface area contributed by atoms with Gasteiger partial charge in [-0.3, -0.25) is 0 Å². The average Bonchev–Trinajstić information content (AvgIpc) is 2.16. The van der Waals surface area contributed by atoms with Crippen molar-refractivity contribution in [3.05, 3.63) is 12.2 Å². The van der Waals surface area contributed by atoms with E-state index in [1.807, 2.05) is 0 Å². The predicted octanol–water partition coefficient (Wildman–Crippen LogP) is 3.77. The van der Waals surface area contributed by atoms with Gasteiger partial charge in [-0.05, 0) is 42.9 Å². The highest BCUT2D eigenvalue weighted by molar-refractivity contribution is 5.05. The molecule has 14 heavy (non-hydrogen) atoms. The fraction of sp³-hybridized carbons (Fsp3) is 0.769. The van der Waals surface area contributed by atoms with Crippen LogP contribution in [0.1, 0.15) is 40.0 Å². The molecule has 0 spiro atoms. The summed E-state index contributed by atoms with van der Waals surface area (Å²) in [7, 11) is 0. The van der Waals surface area contributed by atoms with Crippen LogP contribution in [0.15, 0.2) is 12.2 Å². The van der Waals surface area contributed by atoms with Gasteiger partial charge in [0.05, 0.1) is 6.07 Å². The molecule has 78 valence electrons. The zero-order valence-electron chi connectivity index (χ0n) is 9.53. The molecule has 0 aromatic rings. The highest BCUT2D eigenvalue weighted by atomic mass is 14.3. The van der Waals surface area contributed by atoms with E-state index in [0.717, 1.165) is 17.8 Å². The molecule has 1 saturated carbocycles. The van der Waals surface area contributed by atoms with Crippen molar-refractivity contribution in [1.82, 2.24) is 0 Å². The summed E-state index contributed by atoms with van der Waals surface area (Å²) in [5, 5.41) is 8.52. The predicted molar refractivity (Wildman–Crippen MR) is 59.6 cm³/mol. The van der Waals surface area contributed by atoms with E-state index < -0.39 is 0 Å². The summed E-state index contributed by atoms with van der Waals surface area (Å²) in [5.41, 5.74) is 0. The Kier molecular flexibility index (Phi) is 4.20. The molecule has 1 nitrogen and oxygen atoms in total. The van der Waals surface area contributed by atoms with Crippen LogP contribution >= 0.6 is 0 Å². The number of nitrogens with zero attached hydrogens (tertiary/aromatic N) is 1. The van der Waals surface area contributed by atoms with E-state index in [1.165, 1.54) is 19.3 Å². The molecule has 1 fully saturated rings. The molecule has 0 aromatic heterocycles. The molecule has 1 aliphatic carbocycles. The maximum atomic E-state index is 8.52. The Morgan fingerprint density at radius 2 is 2.07 bits per heavy atom. The van der Waals surface area contributed by atoms with Gasteiger partial charge in [-0.25, -0.2) is 0 Å². The van der Waals surface area contributed by atoms with Crippen molar-refractivity contribution >= 4 is 0 Å². The SMILES string of the molecule is CC(C)[C@@H]1CC[C@@H](C)[C@H](C=CC#N)C1. The molecule has 0 radical (unpaired) electrons. The quantitative estimate of drug-likeness (QED) is 0.609. The first-order valence-corrected chi connectivity index (χ1v) is 5.71. The van der Waals surface area contributed by atoms with Gasteiger partial charge < -0.3 is 0 Å². The second-order valence-electron chi connectivity index (χ2n) is 4.95. The van der Waals surface area contributed by atoms with Crippen molar-refractivity contribution in [3.8, 4) is 6.07 Å². The van der Waals surface area contributed by atoms with Gasteiger partial charge in [0, 0.05) is 6.08 Å². The first-order valence-electron chi connectivity index (χ1n) is 5.71. The van der Waals surface area contributed by atoms with Crippen molar-refractivity contribution < 1.29 is 0 Å². The Hall–Kier alpha value is -0.770. The molecule has 0 aromatic carbocycles. The third-order valence-electron chi connectivity index (χ3n) is 3.66. The third kappa shape index (κ3) is 2.87. The first-order chi connectivity index (χ1) is 6.65.